The fraction of sp³-hybridized carbons (Fsp3) is 0.857. The summed E-state index contributed by atoms with van der Waals surface area (Å²) in [7, 11) is 0. The maximum Gasteiger partial charge on any atom is 0.228 e. The minimum Gasteiger partial charge on any atom is -0.378 e. The predicted molar refractivity (Wildman–Crippen MR) is 69.5 cm³/mol. The molecule has 2 saturated heterocycles. The van der Waals surface area contributed by atoms with Gasteiger partial charge in [0, 0.05) is 32.1 Å². The van der Waals surface area contributed by atoms with Crippen LogP contribution in [0.2, 0.25) is 0 Å². The molecule has 0 aromatic rings. The van der Waals surface area contributed by atoms with E-state index in [0.717, 1.165) is 12.8 Å². The zero-order valence-corrected chi connectivity index (χ0v) is 11.3. The summed E-state index contributed by atoms with van der Waals surface area (Å²) in [6.07, 6.45) is 5.08. The molecule has 1 aliphatic carbocycles. The Hall–Kier alpha value is -1.10. The average molecular weight is 266 g/mol. The van der Waals surface area contributed by atoms with Crippen LogP contribution in [0.4, 0.5) is 0 Å². The van der Waals surface area contributed by atoms with Gasteiger partial charge in [-0.3, -0.25) is 9.59 Å². The normalized spacial score (nSPS) is 29.3. The van der Waals surface area contributed by atoms with Crippen molar-refractivity contribution in [3.8, 4) is 0 Å². The van der Waals surface area contributed by atoms with Crippen LogP contribution in [0.25, 0.3) is 0 Å². The zero-order valence-electron chi connectivity index (χ0n) is 11.3. The molecule has 1 atom stereocenters. The van der Waals surface area contributed by atoms with Crippen LogP contribution in [0.15, 0.2) is 0 Å². The summed E-state index contributed by atoms with van der Waals surface area (Å²) in [5, 5.41) is 0. The summed E-state index contributed by atoms with van der Waals surface area (Å²) < 4.78 is 5.26. The Labute approximate surface area is 113 Å². The molecule has 19 heavy (non-hydrogen) atoms. The van der Waals surface area contributed by atoms with Crippen LogP contribution >= 0.6 is 0 Å². The lowest BCUT2D eigenvalue weighted by Gasteiger charge is -2.29. The van der Waals surface area contributed by atoms with Gasteiger partial charge in [0.1, 0.15) is 0 Å². The summed E-state index contributed by atoms with van der Waals surface area (Å²) in [5.74, 6) is 0.210. The summed E-state index contributed by atoms with van der Waals surface area (Å²) in [6, 6.07) is 0.398. The van der Waals surface area contributed by atoms with E-state index >= 15 is 0 Å². The Kier molecular flexibility index (Phi) is 3.73. The Morgan fingerprint density at radius 2 is 1.84 bits per heavy atom. The number of ether oxygens (including phenoxy) is 1. The van der Waals surface area contributed by atoms with Crippen molar-refractivity contribution in [3.05, 3.63) is 0 Å². The van der Waals surface area contributed by atoms with Crippen LogP contribution < -0.4 is 0 Å². The van der Waals surface area contributed by atoms with Crippen molar-refractivity contribution < 1.29 is 14.3 Å². The molecule has 2 amide bonds. The molecule has 2 aliphatic heterocycles. The van der Waals surface area contributed by atoms with E-state index in [4.69, 9.17) is 4.74 Å². The minimum absolute atomic E-state index is 0.119. The molecule has 0 bridgehead atoms. The third kappa shape index (κ3) is 2.61. The number of carbonyl (C=O) groups excluding carboxylic acids is 2. The van der Waals surface area contributed by atoms with E-state index in [0.29, 0.717) is 45.3 Å². The van der Waals surface area contributed by atoms with Crippen molar-refractivity contribution in [1.82, 2.24) is 9.80 Å². The molecule has 0 aromatic carbocycles. The Bertz CT molecular complexity index is 360. The predicted octanol–water partition coefficient (Wildman–Crippen LogP) is 0.636. The molecule has 0 radical (unpaired) electrons. The Balaban J connectivity index is 1.60. The van der Waals surface area contributed by atoms with Crippen LogP contribution in [0.3, 0.4) is 0 Å². The topological polar surface area (TPSA) is 49.9 Å². The molecule has 3 rings (SSSR count). The number of carbonyl (C=O) groups is 2. The third-order valence-corrected chi connectivity index (χ3v) is 4.60. The zero-order chi connectivity index (χ0) is 13.2. The number of amides is 2. The van der Waals surface area contributed by atoms with Crippen molar-refractivity contribution in [1.29, 1.82) is 0 Å². The summed E-state index contributed by atoms with van der Waals surface area (Å²) >= 11 is 0. The van der Waals surface area contributed by atoms with Crippen molar-refractivity contribution in [3.63, 3.8) is 0 Å². The van der Waals surface area contributed by atoms with E-state index < -0.39 is 0 Å². The monoisotopic (exact) mass is 266 g/mol. The number of morpholine rings is 1. The number of nitrogens with zero attached hydrogens (tertiary/aromatic N) is 2. The lowest BCUT2D eigenvalue weighted by molar-refractivity contribution is -0.139. The van der Waals surface area contributed by atoms with Gasteiger partial charge in [-0.15, -0.1) is 0 Å². The quantitative estimate of drug-likeness (QED) is 0.737. The van der Waals surface area contributed by atoms with Crippen molar-refractivity contribution in [2.24, 2.45) is 5.92 Å². The van der Waals surface area contributed by atoms with Crippen LogP contribution in [0, 0.1) is 5.92 Å². The molecule has 1 saturated carbocycles. The molecule has 5 heteroatoms. The number of hydrogen-bond donors (Lipinski definition) is 0. The van der Waals surface area contributed by atoms with Gasteiger partial charge in [-0.1, -0.05) is 12.8 Å². The van der Waals surface area contributed by atoms with Crippen molar-refractivity contribution >= 4 is 11.8 Å². The summed E-state index contributed by atoms with van der Waals surface area (Å²) in [6.45, 7) is 3.23. The van der Waals surface area contributed by atoms with Gasteiger partial charge in [-0.05, 0) is 12.8 Å². The van der Waals surface area contributed by atoms with Crippen LogP contribution in [0.1, 0.15) is 32.1 Å². The summed E-state index contributed by atoms with van der Waals surface area (Å²) in [4.78, 5) is 28.3. The lowest BCUT2D eigenvalue weighted by Crippen LogP contribution is -2.44. The van der Waals surface area contributed by atoms with Crippen LogP contribution in [0.5, 0.6) is 0 Å². The van der Waals surface area contributed by atoms with Gasteiger partial charge in [0.2, 0.25) is 11.8 Å². The maximum absolute atomic E-state index is 12.4. The average Bonchev–Trinajstić information content (AvgIpc) is 3.08. The number of likely N-dealkylation sites (tertiary alicyclic amines) is 1. The maximum atomic E-state index is 12.4. The van der Waals surface area contributed by atoms with Gasteiger partial charge in [0.25, 0.3) is 0 Å². The summed E-state index contributed by atoms with van der Waals surface area (Å²) in [5.41, 5.74) is 0. The largest absolute Gasteiger partial charge is 0.378 e. The third-order valence-electron chi connectivity index (χ3n) is 4.60. The Morgan fingerprint density at radius 3 is 2.53 bits per heavy atom. The first kappa shape index (κ1) is 12.9. The molecule has 0 unspecified atom stereocenters. The standard InChI is InChI=1S/C14H22N2O3/c17-13-9-11(10-16(13)12-3-1-2-4-12)14(18)15-5-7-19-8-6-15/h11-12H,1-10H2/t11-/m0/s1. The fourth-order valence-electron chi connectivity index (χ4n) is 3.51. The van der Waals surface area contributed by atoms with E-state index in [2.05, 4.69) is 0 Å². The molecule has 3 aliphatic rings. The van der Waals surface area contributed by atoms with Gasteiger partial charge in [-0.2, -0.15) is 0 Å². The van der Waals surface area contributed by atoms with E-state index in [1.807, 2.05) is 9.80 Å². The van der Waals surface area contributed by atoms with E-state index in [9.17, 15) is 9.59 Å². The first-order valence-corrected chi connectivity index (χ1v) is 7.41. The minimum atomic E-state index is -0.119. The van der Waals surface area contributed by atoms with Gasteiger partial charge < -0.3 is 14.5 Å². The van der Waals surface area contributed by atoms with E-state index in [1.54, 1.807) is 0 Å². The Morgan fingerprint density at radius 1 is 1.16 bits per heavy atom. The van der Waals surface area contributed by atoms with E-state index in [-0.39, 0.29) is 17.7 Å². The van der Waals surface area contributed by atoms with Crippen LogP contribution in [-0.2, 0) is 14.3 Å². The van der Waals surface area contributed by atoms with Gasteiger partial charge in [0.05, 0.1) is 19.1 Å². The molecule has 0 aromatic heterocycles. The number of hydrogen-bond acceptors (Lipinski definition) is 3. The molecule has 106 valence electrons. The van der Waals surface area contributed by atoms with Gasteiger partial charge in [-0.25, -0.2) is 0 Å². The van der Waals surface area contributed by atoms with Crippen LogP contribution in [-0.4, -0.2) is 60.5 Å². The van der Waals surface area contributed by atoms with E-state index in [1.165, 1.54) is 12.8 Å². The molecule has 3 fully saturated rings. The van der Waals surface area contributed by atoms with Gasteiger partial charge in [0.15, 0.2) is 0 Å². The number of rotatable bonds is 2. The molecule has 0 N–H and O–H groups in total. The van der Waals surface area contributed by atoms with Crippen molar-refractivity contribution in [2.45, 2.75) is 38.1 Å². The molecular weight excluding hydrogens is 244 g/mol. The molecule has 5 nitrogen and oxygen atoms in total. The SMILES string of the molecule is O=C([C@H]1CC(=O)N(C2CCCC2)C1)N1CCOCC1. The smallest absolute Gasteiger partial charge is 0.228 e. The highest BCUT2D eigenvalue weighted by molar-refractivity contribution is 5.89. The molecule has 0 spiro atoms. The second-order valence-electron chi connectivity index (χ2n) is 5.82. The lowest BCUT2D eigenvalue weighted by atomic mass is 10.1. The molecule has 2 heterocycles. The highest BCUT2D eigenvalue weighted by Gasteiger charge is 2.40. The fourth-order valence-corrected chi connectivity index (χ4v) is 3.51. The second-order valence-corrected chi connectivity index (χ2v) is 5.82. The van der Waals surface area contributed by atoms with Crippen molar-refractivity contribution in [2.75, 3.05) is 32.8 Å². The highest BCUT2D eigenvalue weighted by atomic mass is 16.5. The molecular formula is C14H22N2O3. The first-order chi connectivity index (χ1) is 9.25. The highest BCUT2D eigenvalue weighted by Crippen LogP contribution is 2.30. The second kappa shape index (κ2) is 5.49. The van der Waals surface area contributed by atoms with Gasteiger partial charge >= 0.3 is 0 Å². The first-order valence-electron chi connectivity index (χ1n) is 7.41.